The zero-order valence-corrected chi connectivity index (χ0v) is 24.8. The molecule has 11 nitrogen and oxygen atoms in total. The smallest absolute Gasteiger partial charge is 0.344 e. The highest BCUT2D eigenvalue weighted by Crippen LogP contribution is 2.29. The van der Waals surface area contributed by atoms with Gasteiger partial charge in [0.1, 0.15) is 17.1 Å². The van der Waals surface area contributed by atoms with E-state index in [0.29, 0.717) is 69.3 Å². The number of fused-ring (bicyclic) bond motifs is 3. The van der Waals surface area contributed by atoms with Crippen LogP contribution in [-0.2, 0) is 38.6 Å². The summed E-state index contributed by atoms with van der Waals surface area (Å²) in [6, 6.07) is 15.3. The number of aromatic nitrogens is 3. The van der Waals surface area contributed by atoms with Gasteiger partial charge < -0.3 is 34.3 Å². The van der Waals surface area contributed by atoms with Gasteiger partial charge >= 0.3 is 5.97 Å². The number of amides is 1. The molecule has 224 valence electrons. The van der Waals surface area contributed by atoms with Crippen molar-refractivity contribution < 1.29 is 23.8 Å². The van der Waals surface area contributed by atoms with Crippen molar-refractivity contribution in [3.63, 3.8) is 0 Å². The fourth-order valence-corrected chi connectivity index (χ4v) is 4.91. The number of imidazole rings is 1. The zero-order valence-electron chi connectivity index (χ0n) is 24.8. The van der Waals surface area contributed by atoms with E-state index in [4.69, 9.17) is 24.9 Å². The molecule has 1 amide bonds. The van der Waals surface area contributed by atoms with Crippen molar-refractivity contribution >= 4 is 39.6 Å². The number of para-hydroxylation sites is 1. The molecule has 0 bridgehead atoms. The van der Waals surface area contributed by atoms with Crippen molar-refractivity contribution in [1.82, 2.24) is 24.3 Å². The van der Waals surface area contributed by atoms with Crippen molar-refractivity contribution in [2.45, 2.75) is 32.9 Å². The number of nitrogens with two attached hydrogens (primary N) is 1. The minimum Gasteiger partial charge on any atom is -0.482 e. The van der Waals surface area contributed by atoms with Gasteiger partial charge in [0.15, 0.2) is 12.4 Å². The standard InChI is InChI=1S/C31H40N6O5/c1-5-41-28(39)21-42-23-11-8-10-22(18-23)19-36(27(38)20-35(2)3)15-9-16-37-26(14-17-40-4)34-29-30(37)24-12-6-7-13-25(24)33-31(29)32/h6-8,10-13,18H,5,9,14-17,19-21H2,1-4H3,(H2,32,33). The second-order valence-electron chi connectivity index (χ2n) is 10.3. The van der Waals surface area contributed by atoms with E-state index in [1.165, 1.54) is 0 Å². The molecule has 0 aliphatic rings. The lowest BCUT2D eigenvalue weighted by Gasteiger charge is -2.25. The first-order chi connectivity index (χ1) is 20.3. The van der Waals surface area contributed by atoms with Crippen molar-refractivity contribution in [2.24, 2.45) is 0 Å². The number of nitrogen functional groups attached to an aromatic ring is 1. The summed E-state index contributed by atoms with van der Waals surface area (Å²) in [5, 5.41) is 0.984. The van der Waals surface area contributed by atoms with Gasteiger partial charge in [-0.1, -0.05) is 30.3 Å². The number of carbonyl (C=O) groups excluding carboxylic acids is 2. The highest BCUT2D eigenvalue weighted by atomic mass is 16.6. The summed E-state index contributed by atoms with van der Waals surface area (Å²) in [7, 11) is 5.43. The average Bonchev–Trinajstić information content (AvgIpc) is 3.33. The molecule has 0 saturated heterocycles. The van der Waals surface area contributed by atoms with Crippen LogP contribution in [0.15, 0.2) is 48.5 Å². The normalized spacial score (nSPS) is 11.4. The lowest BCUT2D eigenvalue weighted by molar-refractivity contribution is -0.145. The molecule has 0 fully saturated rings. The van der Waals surface area contributed by atoms with E-state index in [1.54, 1.807) is 20.1 Å². The Balaban J connectivity index is 1.55. The van der Waals surface area contributed by atoms with E-state index >= 15 is 0 Å². The lowest BCUT2D eigenvalue weighted by Crippen LogP contribution is -2.38. The van der Waals surface area contributed by atoms with E-state index in [2.05, 4.69) is 9.55 Å². The first-order valence-corrected chi connectivity index (χ1v) is 14.1. The van der Waals surface area contributed by atoms with Crippen molar-refractivity contribution in [1.29, 1.82) is 0 Å². The third kappa shape index (κ3) is 7.74. The van der Waals surface area contributed by atoms with Gasteiger partial charge in [0.25, 0.3) is 0 Å². The van der Waals surface area contributed by atoms with Crippen LogP contribution in [0.4, 0.5) is 5.82 Å². The van der Waals surface area contributed by atoms with Crippen molar-refractivity contribution in [3.8, 4) is 5.75 Å². The van der Waals surface area contributed by atoms with Crippen LogP contribution in [0.3, 0.4) is 0 Å². The zero-order chi connectivity index (χ0) is 30.1. The Hall–Kier alpha value is -4.22. The van der Waals surface area contributed by atoms with E-state index < -0.39 is 5.97 Å². The summed E-state index contributed by atoms with van der Waals surface area (Å²) in [5.74, 6) is 1.41. The monoisotopic (exact) mass is 576 g/mol. The molecule has 2 aromatic carbocycles. The number of methoxy groups -OCH3 is 1. The second-order valence-corrected chi connectivity index (χ2v) is 10.3. The van der Waals surface area contributed by atoms with Gasteiger partial charge in [-0.3, -0.25) is 4.79 Å². The van der Waals surface area contributed by atoms with E-state index in [1.807, 2.05) is 66.4 Å². The van der Waals surface area contributed by atoms with Crippen LogP contribution >= 0.6 is 0 Å². The maximum absolute atomic E-state index is 13.3. The third-order valence-corrected chi connectivity index (χ3v) is 6.77. The number of anilines is 1. The lowest BCUT2D eigenvalue weighted by atomic mass is 10.1. The van der Waals surface area contributed by atoms with Crippen LogP contribution in [0.25, 0.3) is 21.9 Å². The maximum atomic E-state index is 13.3. The minimum atomic E-state index is -0.423. The van der Waals surface area contributed by atoms with E-state index in [-0.39, 0.29) is 12.5 Å². The topological polar surface area (TPSA) is 125 Å². The second kappa shape index (κ2) is 14.6. The van der Waals surface area contributed by atoms with Gasteiger partial charge in [0.2, 0.25) is 5.91 Å². The van der Waals surface area contributed by atoms with Crippen molar-refractivity contribution in [2.75, 3.05) is 59.8 Å². The van der Waals surface area contributed by atoms with Gasteiger partial charge in [-0.05, 0) is 51.2 Å². The number of hydrogen-bond acceptors (Lipinski definition) is 9. The SMILES string of the molecule is CCOC(=O)COc1cccc(CN(CCCn2c(CCOC)nc3c(N)nc4ccccc4c32)C(=O)CN(C)C)c1. The number of ether oxygens (including phenoxy) is 3. The number of pyridine rings is 1. The van der Waals surface area contributed by atoms with Crippen LogP contribution in [0.1, 0.15) is 24.7 Å². The Bertz CT molecular complexity index is 1520. The van der Waals surface area contributed by atoms with E-state index in [0.717, 1.165) is 27.8 Å². The summed E-state index contributed by atoms with van der Waals surface area (Å²) in [6.07, 6.45) is 1.32. The molecular weight excluding hydrogens is 536 g/mol. The maximum Gasteiger partial charge on any atom is 0.344 e. The number of hydrogen-bond donors (Lipinski definition) is 1. The van der Waals surface area contributed by atoms with Crippen molar-refractivity contribution in [3.05, 3.63) is 59.9 Å². The molecule has 4 rings (SSSR count). The molecular formula is C31H40N6O5. The van der Waals surface area contributed by atoms with Gasteiger partial charge in [-0.25, -0.2) is 14.8 Å². The Kier molecular flexibility index (Phi) is 10.7. The summed E-state index contributed by atoms with van der Waals surface area (Å²) in [4.78, 5) is 38.1. The summed E-state index contributed by atoms with van der Waals surface area (Å²) >= 11 is 0. The summed E-state index contributed by atoms with van der Waals surface area (Å²) < 4.78 is 18.1. The molecule has 0 spiro atoms. The number of rotatable bonds is 15. The Labute approximate surface area is 246 Å². The predicted molar refractivity (Wildman–Crippen MR) is 162 cm³/mol. The minimum absolute atomic E-state index is 0.0202. The molecule has 2 N–H and O–H groups in total. The molecule has 2 aromatic heterocycles. The fraction of sp³-hybridized carbons (Fsp3) is 0.419. The molecule has 0 radical (unpaired) electrons. The molecule has 0 atom stereocenters. The van der Waals surface area contributed by atoms with Crippen LogP contribution in [-0.4, -0.2) is 90.3 Å². The third-order valence-electron chi connectivity index (χ3n) is 6.77. The highest BCUT2D eigenvalue weighted by molar-refractivity contribution is 6.06. The van der Waals surface area contributed by atoms with E-state index in [9.17, 15) is 9.59 Å². The number of likely N-dealkylation sites (N-methyl/N-ethyl adjacent to an activating group) is 1. The number of nitrogens with zero attached hydrogens (tertiary/aromatic N) is 5. The number of esters is 1. The number of benzene rings is 2. The van der Waals surface area contributed by atoms with Gasteiger partial charge in [-0.15, -0.1) is 0 Å². The molecule has 0 unspecified atom stereocenters. The van der Waals surface area contributed by atoms with Gasteiger partial charge in [0.05, 0.1) is 30.8 Å². The molecule has 0 aliphatic heterocycles. The number of carbonyl (C=O) groups is 2. The average molecular weight is 577 g/mol. The largest absolute Gasteiger partial charge is 0.482 e. The quantitative estimate of drug-likeness (QED) is 0.212. The Morgan fingerprint density at radius 1 is 1.07 bits per heavy atom. The highest BCUT2D eigenvalue weighted by Gasteiger charge is 2.19. The van der Waals surface area contributed by atoms with Gasteiger partial charge in [-0.2, -0.15) is 0 Å². The van der Waals surface area contributed by atoms with Crippen LogP contribution in [0.5, 0.6) is 5.75 Å². The predicted octanol–water partition coefficient (Wildman–Crippen LogP) is 3.28. The molecule has 42 heavy (non-hydrogen) atoms. The Morgan fingerprint density at radius 3 is 2.64 bits per heavy atom. The molecule has 0 saturated carbocycles. The first kappa shape index (κ1) is 30.7. The first-order valence-electron chi connectivity index (χ1n) is 14.1. The van der Waals surface area contributed by atoms with Crippen LogP contribution in [0.2, 0.25) is 0 Å². The summed E-state index contributed by atoms with van der Waals surface area (Å²) in [6.45, 7) is 4.27. The Morgan fingerprint density at radius 2 is 1.88 bits per heavy atom. The molecule has 0 aliphatic carbocycles. The molecule has 4 aromatic rings. The molecule has 11 heteroatoms. The molecule has 2 heterocycles. The number of aryl methyl sites for hydroxylation is 1. The summed E-state index contributed by atoms with van der Waals surface area (Å²) in [5.41, 5.74) is 9.68. The van der Waals surface area contributed by atoms with Crippen LogP contribution < -0.4 is 10.5 Å². The van der Waals surface area contributed by atoms with Crippen LogP contribution in [0, 0.1) is 0 Å². The fourth-order valence-electron chi connectivity index (χ4n) is 4.91. The van der Waals surface area contributed by atoms with Gasteiger partial charge in [0, 0.05) is 38.6 Å².